The highest BCUT2D eigenvalue weighted by Gasteiger charge is 2.09. The third kappa shape index (κ3) is 3.01. The molecular weight excluding hydrogens is 351 g/mol. The van der Waals surface area contributed by atoms with Gasteiger partial charge in [0.25, 0.3) is 5.91 Å². The summed E-state index contributed by atoms with van der Waals surface area (Å²) >= 11 is 7.98. The van der Waals surface area contributed by atoms with Crippen molar-refractivity contribution in [3.8, 4) is 0 Å². The Morgan fingerprint density at radius 2 is 2.18 bits per heavy atom. The third-order valence-corrected chi connectivity index (χ3v) is 3.22. The number of rotatable bonds is 2. The molecule has 1 heterocycles. The van der Waals surface area contributed by atoms with Gasteiger partial charge in [-0.25, -0.2) is 0 Å². The summed E-state index contributed by atoms with van der Waals surface area (Å²) in [6.45, 7) is 1.96. The van der Waals surface area contributed by atoms with Gasteiger partial charge in [-0.1, -0.05) is 11.6 Å². The summed E-state index contributed by atoms with van der Waals surface area (Å²) in [6.07, 6.45) is 1.58. The lowest BCUT2D eigenvalue weighted by atomic mass is 10.2. The standard InChI is InChI=1S/C12H10ClIN2O/c1-7-4-9(14)2-3-10(7)16-12(17)11-5-8(13)6-15-11/h2-6,15H,1H3,(H,16,17). The maximum atomic E-state index is 11.9. The highest BCUT2D eigenvalue weighted by atomic mass is 127. The monoisotopic (exact) mass is 360 g/mol. The molecule has 17 heavy (non-hydrogen) atoms. The quantitative estimate of drug-likeness (QED) is 0.786. The number of H-pyrrole nitrogens is 1. The van der Waals surface area contributed by atoms with Crippen LogP contribution in [-0.2, 0) is 0 Å². The maximum absolute atomic E-state index is 11.9. The maximum Gasteiger partial charge on any atom is 0.272 e. The number of hydrogen-bond donors (Lipinski definition) is 2. The summed E-state index contributed by atoms with van der Waals surface area (Å²) in [7, 11) is 0. The molecule has 3 nitrogen and oxygen atoms in total. The largest absolute Gasteiger partial charge is 0.356 e. The van der Waals surface area contributed by atoms with Crippen molar-refractivity contribution in [2.75, 3.05) is 5.32 Å². The van der Waals surface area contributed by atoms with Crippen LogP contribution in [0.2, 0.25) is 5.02 Å². The van der Waals surface area contributed by atoms with Gasteiger partial charge in [-0.3, -0.25) is 4.79 Å². The molecule has 0 aliphatic rings. The van der Waals surface area contributed by atoms with Gasteiger partial charge in [0, 0.05) is 15.5 Å². The smallest absolute Gasteiger partial charge is 0.272 e. The first-order valence-corrected chi connectivity index (χ1v) is 6.43. The van der Waals surface area contributed by atoms with E-state index < -0.39 is 0 Å². The Morgan fingerprint density at radius 3 is 2.76 bits per heavy atom. The SMILES string of the molecule is Cc1cc(I)ccc1NC(=O)c1cc(Cl)c[nH]1. The number of carbonyl (C=O) groups excluding carboxylic acids is 1. The number of nitrogens with one attached hydrogen (secondary N) is 2. The number of halogens is 2. The summed E-state index contributed by atoms with van der Waals surface area (Å²) in [6, 6.07) is 7.45. The molecule has 2 rings (SSSR count). The second-order valence-corrected chi connectivity index (χ2v) is 5.33. The van der Waals surface area contributed by atoms with E-state index in [1.54, 1.807) is 12.3 Å². The molecule has 0 saturated heterocycles. The first-order valence-electron chi connectivity index (χ1n) is 4.97. The Kier molecular flexibility index (Phi) is 3.73. The Morgan fingerprint density at radius 1 is 1.41 bits per heavy atom. The molecule has 1 aromatic heterocycles. The highest BCUT2D eigenvalue weighted by Crippen LogP contribution is 2.19. The average molecular weight is 361 g/mol. The van der Waals surface area contributed by atoms with Crippen LogP contribution in [-0.4, -0.2) is 10.9 Å². The van der Waals surface area contributed by atoms with Crippen molar-refractivity contribution in [1.82, 2.24) is 4.98 Å². The van der Waals surface area contributed by atoms with Crippen molar-refractivity contribution in [3.63, 3.8) is 0 Å². The molecule has 0 radical (unpaired) electrons. The number of hydrogen-bond acceptors (Lipinski definition) is 1. The Hall–Kier alpha value is -1.01. The predicted molar refractivity (Wildman–Crippen MR) is 77.7 cm³/mol. The normalized spacial score (nSPS) is 10.3. The van der Waals surface area contributed by atoms with E-state index in [2.05, 4.69) is 32.9 Å². The van der Waals surface area contributed by atoms with Crippen LogP contribution in [0.5, 0.6) is 0 Å². The van der Waals surface area contributed by atoms with Crippen molar-refractivity contribution in [2.45, 2.75) is 6.92 Å². The summed E-state index contributed by atoms with van der Waals surface area (Å²) in [5.74, 6) is -0.193. The van der Waals surface area contributed by atoms with Gasteiger partial charge in [-0.05, 0) is 59.3 Å². The van der Waals surface area contributed by atoms with Gasteiger partial charge in [-0.2, -0.15) is 0 Å². The Balaban J connectivity index is 2.18. The number of aromatic nitrogens is 1. The van der Waals surface area contributed by atoms with Crippen LogP contribution in [0.3, 0.4) is 0 Å². The summed E-state index contributed by atoms with van der Waals surface area (Å²) in [4.78, 5) is 14.7. The van der Waals surface area contributed by atoms with Crippen LogP contribution in [0.25, 0.3) is 0 Å². The molecule has 2 N–H and O–H groups in total. The van der Waals surface area contributed by atoms with E-state index >= 15 is 0 Å². The predicted octanol–water partition coefficient (Wildman–Crippen LogP) is 3.83. The minimum atomic E-state index is -0.193. The van der Waals surface area contributed by atoms with E-state index in [4.69, 9.17) is 11.6 Å². The molecule has 88 valence electrons. The van der Waals surface area contributed by atoms with Crippen LogP contribution < -0.4 is 5.32 Å². The number of aromatic amines is 1. The van der Waals surface area contributed by atoms with Crippen LogP contribution in [0, 0.1) is 10.5 Å². The van der Waals surface area contributed by atoms with E-state index in [0.717, 1.165) is 14.8 Å². The molecule has 5 heteroatoms. The number of anilines is 1. The topological polar surface area (TPSA) is 44.9 Å². The van der Waals surface area contributed by atoms with E-state index in [-0.39, 0.29) is 5.91 Å². The van der Waals surface area contributed by atoms with Gasteiger partial charge in [0.15, 0.2) is 0 Å². The highest BCUT2D eigenvalue weighted by molar-refractivity contribution is 14.1. The van der Waals surface area contributed by atoms with Gasteiger partial charge < -0.3 is 10.3 Å². The fourth-order valence-corrected chi connectivity index (χ4v) is 2.27. The molecule has 0 atom stereocenters. The van der Waals surface area contributed by atoms with Crippen molar-refractivity contribution in [3.05, 3.63) is 50.3 Å². The number of benzene rings is 1. The Bertz CT molecular complexity index is 565. The second-order valence-electron chi connectivity index (χ2n) is 3.64. The molecule has 0 spiro atoms. The van der Waals surface area contributed by atoms with E-state index in [1.165, 1.54) is 0 Å². The first-order chi connectivity index (χ1) is 8.06. The van der Waals surface area contributed by atoms with E-state index in [9.17, 15) is 4.79 Å². The van der Waals surface area contributed by atoms with Gasteiger partial charge in [0.2, 0.25) is 0 Å². The molecule has 1 amide bonds. The van der Waals surface area contributed by atoms with E-state index in [0.29, 0.717) is 10.7 Å². The number of carbonyl (C=O) groups is 1. The molecule has 1 aromatic carbocycles. The zero-order chi connectivity index (χ0) is 12.4. The van der Waals surface area contributed by atoms with Gasteiger partial charge in [0.05, 0.1) is 5.02 Å². The van der Waals surface area contributed by atoms with Gasteiger partial charge >= 0.3 is 0 Å². The fourth-order valence-electron chi connectivity index (χ4n) is 1.46. The van der Waals surface area contributed by atoms with Crippen molar-refractivity contribution in [1.29, 1.82) is 0 Å². The lowest BCUT2D eigenvalue weighted by Gasteiger charge is -2.07. The fraction of sp³-hybridized carbons (Fsp3) is 0.0833. The summed E-state index contributed by atoms with van der Waals surface area (Å²) < 4.78 is 1.14. The lowest BCUT2D eigenvalue weighted by molar-refractivity contribution is 0.102. The minimum Gasteiger partial charge on any atom is -0.356 e. The molecular formula is C12H10ClIN2O. The summed E-state index contributed by atoms with van der Waals surface area (Å²) in [5, 5.41) is 3.36. The molecule has 0 unspecified atom stereocenters. The second kappa shape index (κ2) is 5.10. The molecule has 0 bridgehead atoms. The minimum absolute atomic E-state index is 0.193. The average Bonchev–Trinajstić information content (AvgIpc) is 2.69. The van der Waals surface area contributed by atoms with Gasteiger partial charge in [0.1, 0.15) is 5.69 Å². The lowest BCUT2D eigenvalue weighted by Crippen LogP contribution is -2.13. The van der Waals surface area contributed by atoms with Crippen molar-refractivity contribution in [2.24, 2.45) is 0 Å². The van der Waals surface area contributed by atoms with Crippen molar-refractivity contribution < 1.29 is 4.79 Å². The molecule has 0 fully saturated rings. The van der Waals surface area contributed by atoms with E-state index in [1.807, 2.05) is 25.1 Å². The third-order valence-electron chi connectivity index (χ3n) is 2.33. The van der Waals surface area contributed by atoms with Crippen molar-refractivity contribution >= 4 is 45.8 Å². The van der Waals surface area contributed by atoms with Crippen LogP contribution in [0.1, 0.15) is 16.1 Å². The molecule has 0 saturated carbocycles. The number of aryl methyl sites for hydroxylation is 1. The number of amides is 1. The first kappa shape index (κ1) is 12.4. The van der Waals surface area contributed by atoms with Crippen LogP contribution in [0.4, 0.5) is 5.69 Å². The molecule has 0 aliphatic heterocycles. The summed E-state index contributed by atoms with van der Waals surface area (Å²) in [5.41, 5.74) is 2.29. The molecule has 0 aliphatic carbocycles. The van der Waals surface area contributed by atoms with Crippen LogP contribution in [0.15, 0.2) is 30.5 Å². The van der Waals surface area contributed by atoms with Gasteiger partial charge in [-0.15, -0.1) is 0 Å². The zero-order valence-electron chi connectivity index (χ0n) is 9.05. The molecule has 2 aromatic rings. The zero-order valence-corrected chi connectivity index (χ0v) is 12.0. The Labute approximate surface area is 118 Å². The van der Waals surface area contributed by atoms with Crippen LogP contribution >= 0.6 is 34.2 Å².